The highest BCUT2D eigenvalue weighted by Crippen LogP contribution is 2.18. The summed E-state index contributed by atoms with van der Waals surface area (Å²) in [6, 6.07) is 6.21. The minimum Gasteiger partial charge on any atom is -0.478 e. The van der Waals surface area contributed by atoms with Gasteiger partial charge in [0.25, 0.3) is 10.0 Å². The van der Waals surface area contributed by atoms with Gasteiger partial charge in [-0.2, -0.15) is 0 Å². The molecule has 1 heterocycles. The van der Waals surface area contributed by atoms with E-state index in [0.717, 1.165) is 18.3 Å². The molecule has 21 heavy (non-hydrogen) atoms. The second-order valence-electron chi connectivity index (χ2n) is 4.05. The highest BCUT2D eigenvalue weighted by atomic mass is 32.2. The third-order valence-corrected chi connectivity index (χ3v) is 3.92. The molecule has 0 aliphatic carbocycles. The van der Waals surface area contributed by atoms with Crippen molar-refractivity contribution in [1.29, 1.82) is 0 Å². The fourth-order valence-electron chi connectivity index (χ4n) is 1.58. The molecule has 1 aromatic heterocycles. The molecular formula is C12H10N2O6S. The van der Waals surface area contributed by atoms with Crippen molar-refractivity contribution in [3.63, 3.8) is 0 Å². The summed E-state index contributed by atoms with van der Waals surface area (Å²) in [5, 5.41) is 17.6. The minimum absolute atomic E-state index is 0.0629. The number of sulfonamides is 1. The van der Waals surface area contributed by atoms with Crippen LogP contribution in [-0.2, 0) is 10.0 Å². The van der Waals surface area contributed by atoms with Gasteiger partial charge < -0.3 is 15.2 Å². The first-order chi connectivity index (χ1) is 9.79. The van der Waals surface area contributed by atoms with Crippen LogP contribution in [0, 0.1) is 0 Å². The Morgan fingerprint density at radius 1 is 1.10 bits per heavy atom. The van der Waals surface area contributed by atoms with E-state index in [9.17, 15) is 18.0 Å². The minimum atomic E-state index is -4.01. The lowest BCUT2D eigenvalue weighted by Gasteiger charge is -2.06. The van der Waals surface area contributed by atoms with Gasteiger partial charge in [0, 0.05) is 11.9 Å². The number of hydrogen-bond acceptors (Lipinski definition) is 4. The van der Waals surface area contributed by atoms with Crippen LogP contribution in [0.3, 0.4) is 0 Å². The molecule has 110 valence electrons. The lowest BCUT2D eigenvalue weighted by Crippen LogP contribution is -2.12. The molecule has 0 saturated heterocycles. The topological polar surface area (TPSA) is 137 Å². The molecule has 1 aromatic carbocycles. The van der Waals surface area contributed by atoms with Crippen LogP contribution in [0.15, 0.2) is 41.4 Å². The molecule has 0 spiro atoms. The van der Waals surface area contributed by atoms with Crippen molar-refractivity contribution in [2.75, 3.05) is 4.72 Å². The fraction of sp³-hybridized carbons (Fsp3) is 0. The third kappa shape index (κ3) is 3.20. The second kappa shape index (κ2) is 5.29. The number of hydrogen-bond donors (Lipinski definition) is 4. The number of anilines is 1. The van der Waals surface area contributed by atoms with Crippen molar-refractivity contribution in [2.24, 2.45) is 0 Å². The fourth-order valence-corrected chi connectivity index (χ4v) is 2.63. The van der Waals surface area contributed by atoms with Crippen LogP contribution in [0.4, 0.5) is 5.69 Å². The Balaban J connectivity index is 2.30. The molecule has 2 rings (SSSR count). The van der Waals surface area contributed by atoms with E-state index in [-0.39, 0.29) is 21.8 Å². The van der Waals surface area contributed by atoms with Crippen LogP contribution >= 0.6 is 0 Å². The zero-order chi connectivity index (χ0) is 15.6. The van der Waals surface area contributed by atoms with Gasteiger partial charge in [-0.25, -0.2) is 18.0 Å². The van der Waals surface area contributed by atoms with Crippen molar-refractivity contribution in [2.45, 2.75) is 4.90 Å². The monoisotopic (exact) mass is 310 g/mol. The summed E-state index contributed by atoms with van der Waals surface area (Å²) in [7, 11) is -4.01. The van der Waals surface area contributed by atoms with Gasteiger partial charge in [-0.1, -0.05) is 6.07 Å². The number of carbonyl (C=O) groups is 2. The summed E-state index contributed by atoms with van der Waals surface area (Å²) in [4.78, 5) is 23.6. The van der Waals surface area contributed by atoms with Crippen LogP contribution in [0.1, 0.15) is 20.8 Å². The Bertz CT molecular complexity index is 809. The first-order valence-electron chi connectivity index (χ1n) is 5.57. The number of aromatic carboxylic acids is 2. The Morgan fingerprint density at radius 3 is 2.38 bits per heavy atom. The van der Waals surface area contributed by atoms with Crippen molar-refractivity contribution in [3.05, 3.63) is 47.8 Å². The summed E-state index contributed by atoms with van der Waals surface area (Å²) >= 11 is 0. The molecule has 2 aromatic rings. The number of aromatic amines is 1. The number of benzene rings is 1. The first-order valence-corrected chi connectivity index (χ1v) is 7.06. The molecule has 4 N–H and O–H groups in total. The summed E-state index contributed by atoms with van der Waals surface area (Å²) < 4.78 is 26.3. The molecule has 9 heteroatoms. The highest BCUT2D eigenvalue weighted by Gasteiger charge is 2.18. The number of carboxylic acids is 2. The van der Waals surface area contributed by atoms with E-state index < -0.39 is 22.0 Å². The van der Waals surface area contributed by atoms with Crippen LogP contribution < -0.4 is 4.72 Å². The quantitative estimate of drug-likeness (QED) is 0.655. The van der Waals surface area contributed by atoms with E-state index in [4.69, 9.17) is 10.2 Å². The van der Waals surface area contributed by atoms with Gasteiger partial charge in [-0.15, -0.1) is 0 Å². The van der Waals surface area contributed by atoms with Crippen LogP contribution in [0.25, 0.3) is 0 Å². The van der Waals surface area contributed by atoms with Crippen molar-refractivity contribution in [1.82, 2.24) is 4.98 Å². The molecule has 0 atom stereocenters. The Hall–Kier alpha value is -2.81. The van der Waals surface area contributed by atoms with E-state index >= 15 is 0 Å². The number of H-pyrrole nitrogens is 1. The summed E-state index contributed by atoms with van der Waals surface area (Å²) in [6.07, 6.45) is 1.03. The number of carboxylic acid groups (broad SMARTS) is 2. The average Bonchev–Trinajstić information content (AvgIpc) is 2.89. The molecule has 0 unspecified atom stereocenters. The molecule has 0 fully saturated rings. The van der Waals surface area contributed by atoms with Gasteiger partial charge in [-0.3, -0.25) is 4.72 Å². The summed E-state index contributed by atoms with van der Waals surface area (Å²) in [5.41, 5.74) is -0.280. The van der Waals surface area contributed by atoms with Crippen molar-refractivity contribution >= 4 is 27.6 Å². The van der Waals surface area contributed by atoms with Crippen molar-refractivity contribution < 1.29 is 28.2 Å². The SMILES string of the molecule is O=C(O)c1cccc(NS(=O)(=O)c2c[nH]c(C(=O)O)c2)c1. The zero-order valence-corrected chi connectivity index (χ0v) is 11.2. The number of rotatable bonds is 5. The van der Waals surface area contributed by atoms with E-state index in [2.05, 4.69) is 9.71 Å². The molecule has 0 aliphatic heterocycles. The maximum absolute atomic E-state index is 12.0. The molecule has 0 amide bonds. The average molecular weight is 310 g/mol. The maximum Gasteiger partial charge on any atom is 0.352 e. The lowest BCUT2D eigenvalue weighted by molar-refractivity contribution is 0.0683. The molecule has 0 radical (unpaired) electrons. The van der Waals surface area contributed by atoms with Crippen LogP contribution in [-0.4, -0.2) is 35.6 Å². The van der Waals surface area contributed by atoms with E-state index in [1.54, 1.807) is 0 Å². The highest BCUT2D eigenvalue weighted by molar-refractivity contribution is 7.92. The Morgan fingerprint density at radius 2 is 1.81 bits per heavy atom. The molecule has 0 bridgehead atoms. The number of aromatic nitrogens is 1. The first kappa shape index (κ1) is 14.6. The Kier molecular flexibility index (Phi) is 3.68. The molecule has 0 saturated carbocycles. The lowest BCUT2D eigenvalue weighted by atomic mass is 10.2. The standard InChI is InChI=1S/C12H10N2O6S/c15-11(16)7-2-1-3-8(4-7)14-21(19,20)9-5-10(12(17)18)13-6-9/h1-6,13-14H,(H,15,16)(H,17,18). The van der Waals surface area contributed by atoms with E-state index in [1.807, 2.05) is 0 Å². The van der Waals surface area contributed by atoms with Gasteiger partial charge in [-0.05, 0) is 24.3 Å². The number of nitrogens with one attached hydrogen (secondary N) is 2. The predicted molar refractivity (Wildman–Crippen MR) is 72.0 cm³/mol. The molecule has 8 nitrogen and oxygen atoms in total. The van der Waals surface area contributed by atoms with Gasteiger partial charge in [0.1, 0.15) is 10.6 Å². The van der Waals surface area contributed by atoms with Gasteiger partial charge in [0.2, 0.25) is 0 Å². The Labute approximate surface area is 119 Å². The largest absolute Gasteiger partial charge is 0.478 e. The van der Waals surface area contributed by atoms with Gasteiger partial charge in [0.05, 0.1) is 5.56 Å². The summed E-state index contributed by atoms with van der Waals surface area (Å²) in [5.74, 6) is -2.48. The summed E-state index contributed by atoms with van der Waals surface area (Å²) in [6.45, 7) is 0. The second-order valence-corrected chi connectivity index (χ2v) is 5.73. The maximum atomic E-state index is 12.0. The van der Waals surface area contributed by atoms with Crippen molar-refractivity contribution in [3.8, 4) is 0 Å². The van der Waals surface area contributed by atoms with Gasteiger partial charge >= 0.3 is 11.9 Å². The predicted octanol–water partition coefficient (Wildman–Crippen LogP) is 1.21. The van der Waals surface area contributed by atoms with Crippen LogP contribution in [0.2, 0.25) is 0 Å². The molecular weight excluding hydrogens is 300 g/mol. The van der Waals surface area contributed by atoms with Crippen LogP contribution in [0.5, 0.6) is 0 Å². The van der Waals surface area contributed by atoms with E-state index in [0.29, 0.717) is 0 Å². The third-order valence-electron chi connectivity index (χ3n) is 2.56. The van der Waals surface area contributed by atoms with E-state index in [1.165, 1.54) is 18.2 Å². The molecule has 0 aliphatic rings. The smallest absolute Gasteiger partial charge is 0.352 e. The zero-order valence-electron chi connectivity index (χ0n) is 10.4. The van der Waals surface area contributed by atoms with Gasteiger partial charge in [0.15, 0.2) is 0 Å². The normalized spacial score (nSPS) is 11.0.